The van der Waals surface area contributed by atoms with Crippen LogP contribution in [0, 0.1) is 5.82 Å². The van der Waals surface area contributed by atoms with E-state index in [9.17, 15) is 4.39 Å². The van der Waals surface area contributed by atoms with Crippen LogP contribution >= 0.6 is 23.2 Å². The SMILES string of the molecule is CC(Cl)c1nc2ccccc2n1Cc1ccc(F)c(Cl)c1. The molecule has 1 heterocycles. The second-order valence-electron chi connectivity index (χ2n) is 4.91. The van der Waals surface area contributed by atoms with E-state index in [0.717, 1.165) is 22.4 Å². The molecule has 2 nitrogen and oxygen atoms in total. The summed E-state index contributed by atoms with van der Waals surface area (Å²) in [7, 11) is 0. The van der Waals surface area contributed by atoms with Gasteiger partial charge in [-0.1, -0.05) is 29.8 Å². The molecule has 0 radical (unpaired) electrons. The summed E-state index contributed by atoms with van der Waals surface area (Å²) in [6.45, 7) is 2.43. The quantitative estimate of drug-likeness (QED) is 0.608. The summed E-state index contributed by atoms with van der Waals surface area (Å²) >= 11 is 12.1. The van der Waals surface area contributed by atoms with E-state index in [4.69, 9.17) is 23.2 Å². The number of nitrogens with zero attached hydrogens (tertiary/aromatic N) is 2. The molecule has 3 rings (SSSR count). The van der Waals surface area contributed by atoms with Crippen molar-refractivity contribution in [2.45, 2.75) is 18.8 Å². The van der Waals surface area contributed by atoms with Crippen molar-refractivity contribution in [3.05, 3.63) is 64.7 Å². The first-order valence-electron chi connectivity index (χ1n) is 6.59. The molecule has 0 aliphatic heterocycles. The molecule has 0 aliphatic carbocycles. The highest BCUT2D eigenvalue weighted by molar-refractivity contribution is 6.30. The fraction of sp³-hybridized carbons (Fsp3) is 0.188. The lowest BCUT2D eigenvalue weighted by Gasteiger charge is -2.11. The van der Waals surface area contributed by atoms with Crippen LogP contribution in [0.3, 0.4) is 0 Å². The normalized spacial score (nSPS) is 12.8. The molecule has 1 aromatic heterocycles. The highest BCUT2D eigenvalue weighted by Gasteiger charge is 2.15. The molecule has 2 aromatic carbocycles. The highest BCUT2D eigenvalue weighted by atomic mass is 35.5. The van der Waals surface area contributed by atoms with Crippen LogP contribution in [0.2, 0.25) is 5.02 Å². The van der Waals surface area contributed by atoms with Gasteiger partial charge in [-0.3, -0.25) is 0 Å². The summed E-state index contributed by atoms with van der Waals surface area (Å²) in [5.41, 5.74) is 2.80. The van der Waals surface area contributed by atoms with E-state index in [0.29, 0.717) is 6.54 Å². The summed E-state index contributed by atoms with van der Waals surface area (Å²) < 4.78 is 15.3. The number of hydrogen-bond acceptors (Lipinski definition) is 1. The number of alkyl halides is 1. The molecule has 0 saturated heterocycles. The van der Waals surface area contributed by atoms with E-state index in [1.807, 2.05) is 35.8 Å². The van der Waals surface area contributed by atoms with Crippen LogP contribution in [0.15, 0.2) is 42.5 Å². The van der Waals surface area contributed by atoms with Gasteiger partial charge in [-0.25, -0.2) is 9.37 Å². The number of aromatic nitrogens is 2. The minimum Gasteiger partial charge on any atom is -0.322 e. The molecule has 0 spiro atoms. The maximum atomic E-state index is 13.3. The Balaban J connectivity index is 2.10. The molecule has 108 valence electrons. The zero-order chi connectivity index (χ0) is 15.0. The third-order valence-corrected chi connectivity index (χ3v) is 3.85. The molecule has 5 heteroatoms. The number of hydrogen-bond donors (Lipinski definition) is 0. The summed E-state index contributed by atoms with van der Waals surface area (Å²) in [6.07, 6.45) is 0. The van der Waals surface area contributed by atoms with Gasteiger partial charge in [0.1, 0.15) is 11.6 Å². The third-order valence-electron chi connectivity index (χ3n) is 3.36. The molecule has 1 unspecified atom stereocenters. The number of halogens is 3. The third kappa shape index (κ3) is 2.76. The lowest BCUT2D eigenvalue weighted by molar-refractivity contribution is 0.626. The van der Waals surface area contributed by atoms with Gasteiger partial charge >= 0.3 is 0 Å². The van der Waals surface area contributed by atoms with Crippen molar-refractivity contribution in [2.24, 2.45) is 0 Å². The van der Waals surface area contributed by atoms with Crippen LogP contribution in [0.4, 0.5) is 4.39 Å². The van der Waals surface area contributed by atoms with Crippen LogP contribution in [0.1, 0.15) is 23.7 Å². The Labute approximate surface area is 132 Å². The second-order valence-corrected chi connectivity index (χ2v) is 5.97. The van der Waals surface area contributed by atoms with E-state index in [1.165, 1.54) is 6.07 Å². The topological polar surface area (TPSA) is 17.8 Å². The first-order valence-corrected chi connectivity index (χ1v) is 7.41. The van der Waals surface area contributed by atoms with Crippen LogP contribution in [0.25, 0.3) is 11.0 Å². The van der Waals surface area contributed by atoms with Gasteiger partial charge in [0.15, 0.2) is 0 Å². The maximum absolute atomic E-state index is 13.3. The first-order chi connectivity index (χ1) is 10.1. The molecule has 0 fully saturated rings. The number of rotatable bonds is 3. The summed E-state index contributed by atoms with van der Waals surface area (Å²) in [4.78, 5) is 4.57. The van der Waals surface area contributed by atoms with E-state index in [1.54, 1.807) is 12.1 Å². The maximum Gasteiger partial charge on any atom is 0.141 e. The fourth-order valence-corrected chi connectivity index (χ4v) is 2.75. The van der Waals surface area contributed by atoms with E-state index in [-0.39, 0.29) is 10.4 Å². The standard InChI is InChI=1S/C16H13Cl2FN2/c1-10(17)16-20-14-4-2-3-5-15(14)21(16)9-11-6-7-13(19)12(18)8-11/h2-8,10H,9H2,1H3. The van der Waals surface area contributed by atoms with Gasteiger partial charge in [-0.05, 0) is 36.8 Å². The molecule has 0 aliphatic rings. The predicted octanol–water partition coefficient (Wildman–Crippen LogP) is 5.18. The van der Waals surface area contributed by atoms with Crippen molar-refractivity contribution >= 4 is 34.2 Å². The van der Waals surface area contributed by atoms with Crippen LogP contribution < -0.4 is 0 Å². The second kappa shape index (κ2) is 5.66. The molecule has 0 N–H and O–H groups in total. The first kappa shape index (κ1) is 14.4. The largest absolute Gasteiger partial charge is 0.322 e. The van der Waals surface area contributed by atoms with Crippen molar-refractivity contribution in [3.63, 3.8) is 0 Å². The predicted molar refractivity (Wildman–Crippen MR) is 84.5 cm³/mol. The lowest BCUT2D eigenvalue weighted by atomic mass is 10.2. The summed E-state index contributed by atoms with van der Waals surface area (Å²) in [5, 5.41) is -0.0919. The molecule has 0 saturated carbocycles. The van der Waals surface area contributed by atoms with Crippen LogP contribution in [-0.4, -0.2) is 9.55 Å². The van der Waals surface area contributed by atoms with Crippen molar-refractivity contribution in [2.75, 3.05) is 0 Å². The number of fused-ring (bicyclic) bond motifs is 1. The number of para-hydroxylation sites is 2. The van der Waals surface area contributed by atoms with E-state index in [2.05, 4.69) is 4.98 Å². The molecule has 0 amide bonds. The Bertz CT molecular complexity index is 796. The van der Waals surface area contributed by atoms with Gasteiger partial charge < -0.3 is 4.57 Å². The van der Waals surface area contributed by atoms with Gasteiger partial charge in [-0.15, -0.1) is 11.6 Å². The summed E-state index contributed by atoms with van der Waals surface area (Å²) in [5.74, 6) is 0.375. The molecule has 1 atom stereocenters. The van der Waals surface area contributed by atoms with E-state index >= 15 is 0 Å². The highest BCUT2D eigenvalue weighted by Crippen LogP contribution is 2.26. The Kier molecular flexibility index (Phi) is 3.87. The Morgan fingerprint density at radius 2 is 2.00 bits per heavy atom. The zero-order valence-corrected chi connectivity index (χ0v) is 12.9. The average Bonchev–Trinajstić information content (AvgIpc) is 2.82. The van der Waals surface area contributed by atoms with Crippen LogP contribution in [-0.2, 0) is 6.54 Å². The van der Waals surface area contributed by atoms with E-state index < -0.39 is 5.82 Å². The van der Waals surface area contributed by atoms with Crippen LogP contribution in [0.5, 0.6) is 0 Å². The molecule has 0 bridgehead atoms. The molecule has 21 heavy (non-hydrogen) atoms. The Morgan fingerprint density at radius 1 is 1.24 bits per heavy atom. The van der Waals surface area contributed by atoms with Gasteiger partial charge in [0.25, 0.3) is 0 Å². The van der Waals surface area contributed by atoms with Gasteiger partial charge in [0.2, 0.25) is 0 Å². The van der Waals surface area contributed by atoms with Crippen molar-refractivity contribution in [1.82, 2.24) is 9.55 Å². The summed E-state index contributed by atoms with van der Waals surface area (Å²) in [6, 6.07) is 12.6. The number of imidazole rings is 1. The minimum atomic E-state index is -0.415. The fourth-order valence-electron chi connectivity index (χ4n) is 2.38. The Hall–Kier alpha value is -1.58. The van der Waals surface area contributed by atoms with Crippen molar-refractivity contribution < 1.29 is 4.39 Å². The minimum absolute atomic E-state index is 0.123. The van der Waals surface area contributed by atoms with Crippen molar-refractivity contribution in [3.8, 4) is 0 Å². The average molecular weight is 323 g/mol. The number of benzene rings is 2. The van der Waals surface area contributed by atoms with Crippen molar-refractivity contribution in [1.29, 1.82) is 0 Å². The monoisotopic (exact) mass is 322 g/mol. The zero-order valence-electron chi connectivity index (χ0n) is 11.4. The Morgan fingerprint density at radius 3 is 2.71 bits per heavy atom. The van der Waals surface area contributed by atoms with Gasteiger partial charge in [0, 0.05) is 6.54 Å². The molecule has 3 aromatic rings. The smallest absolute Gasteiger partial charge is 0.141 e. The lowest BCUT2D eigenvalue weighted by Crippen LogP contribution is -2.06. The van der Waals surface area contributed by atoms with Gasteiger partial charge in [-0.2, -0.15) is 0 Å². The molecular formula is C16H13Cl2FN2. The molecular weight excluding hydrogens is 310 g/mol. The van der Waals surface area contributed by atoms with Gasteiger partial charge in [0.05, 0.1) is 21.4 Å².